The number of amides is 1. The van der Waals surface area contributed by atoms with Crippen LogP contribution in [0.15, 0.2) is 18.2 Å². The molecule has 0 aliphatic carbocycles. The Morgan fingerprint density at radius 3 is 2.41 bits per heavy atom. The van der Waals surface area contributed by atoms with Gasteiger partial charge in [-0.25, -0.2) is 9.59 Å². The molecular weight excluding hydrogens is 352 g/mol. The van der Waals surface area contributed by atoms with Crippen LogP contribution in [-0.4, -0.2) is 47.2 Å². The predicted octanol–water partition coefficient (Wildman–Crippen LogP) is 3.71. The van der Waals surface area contributed by atoms with E-state index in [2.05, 4.69) is 0 Å². The Hall–Kier alpha value is -2.64. The first-order valence-electron chi connectivity index (χ1n) is 8.97. The summed E-state index contributed by atoms with van der Waals surface area (Å²) in [5.74, 6) is -0.325. The molecule has 1 aliphatic heterocycles. The highest BCUT2D eigenvalue weighted by Gasteiger charge is 2.27. The molecule has 0 aromatic heterocycles. The second-order valence-corrected chi connectivity index (χ2v) is 7.77. The lowest BCUT2D eigenvalue weighted by atomic mass is 9.98. The van der Waals surface area contributed by atoms with Crippen LogP contribution in [0, 0.1) is 23.0 Å². The van der Waals surface area contributed by atoms with Crippen LogP contribution in [0.25, 0.3) is 0 Å². The van der Waals surface area contributed by atoms with Gasteiger partial charge in [-0.2, -0.15) is 0 Å². The van der Waals surface area contributed by atoms with Gasteiger partial charge in [-0.15, -0.1) is 0 Å². The lowest BCUT2D eigenvalue weighted by Crippen LogP contribution is -2.42. The van der Waals surface area contributed by atoms with E-state index in [4.69, 9.17) is 9.47 Å². The quantitative estimate of drug-likeness (QED) is 0.450. The first kappa shape index (κ1) is 20.7. The molecular formula is C19H26N2O6. The molecule has 148 valence electrons. The number of hydrogen-bond acceptors (Lipinski definition) is 6. The van der Waals surface area contributed by atoms with Crippen molar-refractivity contribution in [2.24, 2.45) is 5.92 Å². The lowest BCUT2D eigenvalue weighted by molar-refractivity contribution is -0.385. The smallest absolute Gasteiger partial charge is 0.410 e. The van der Waals surface area contributed by atoms with E-state index >= 15 is 0 Å². The first-order chi connectivity index (χ1) is 12.6. The zero-order valence-electron chi connectivity index (χ0n) is 16.2. The molecule has 1 aromatic rings. The summed E-state index contributed by atoms with van der Waals surface area (Å²) in [6, 6.07) is 4.18. The Balaban J connectivity index is 1.81. The van der Waals surface area contributed by atoms with E-state index in [1.165, 1.54) is 18.2 Å². The molecule has 0 bridgehead atoms. The Morgan fingerprint density at radius 1 is 1.26 bits per heavy atom. The summed E-state index contributed by atoms with van der Waals surface area (Å²) >= 11 is 0. The fourth-order valence-corrected chi connectivity index (χ4v) is 2.87. The minimum atomic E-state index is -0.521. The van der Waals surface area contributed by atoms with Gasteiger partial charge in [-0.1, -0.05) is 0 Å². The Morgan fingerprint density at radius 2 is 1.89 bits per heavy atom. The minimum Gasteiger partial charge on any atom is -0.462 e. The van der Waals surface area contributed by atoms with Gasteiger partial charge in [0.15, 0.2) is 0 Å². The Labute approximate surface area is 158 Å². The number of esters is 1. The van der Waals surface area contributed by atoms with E-state index in [1.807, 2.05) is 20.8 Å². The molecule has 27 heavy (non-hydrogen) atoms. The van der Waals surface area contributed by atoms with Crippen molar-refractivity contribution in [1.82, 2.24) is 4.90 Å². The van der Waals surface area contributed by atoms with Crippen LogP contribution in [0.3, 0.4) is 0 Å². The van der Waals surface area contributed by atoms with Crippen molar-refractivity contribution in [1.29, 1.82) is 0 Å². The van der Waals surface area contributed by atoms with Gasteiger partial charge in [0.2, 0.25) is 0 Å². The third kappa shape index (κ3) is 5.94. The highest BCUT2D eigenvalue weighted by atomic mass is 16.6. The molecule has 0 N–H and O–H groups in total. The van der Waals surface area contributed by atoms with Crippen molar-refractivity contribution >= 4 is 17.7 Å². The predicted molar refractivity (Wildman–Crippen MR) is 98.6 cm³/mol. The summed E-state index contributed by atoms with van der Waals surface area (Å²) in [6.45, 7) is 8.46. The second-order valence-electron chi connectivity index (χ2n) is 7.77. The molecule has 8 heteroatoms. The van der Waals surface area contributed by atoms with Crippen molar-refractivity contribution in [3.63, 3.8) is 0 Å². The molecule has 1 aromatic carbocycles. The van der Waals surface area contributed by atoms with Crippen LogP contribution in [-0.2, 0) is 9.47 Å². The minimum absolute atomic E-state index is 0.0268. The van der Waals surface area contributed by atoms with Crippen molar-refractivity contribution in [2.45, 2.75) is 46.1 Å². The maximum absolute atomic E-state index is 12.2. The summed E-state index contributed by atoms with van der Waals surface area (Å²) in [5.41, 5.74) is 0.164. The standard InChI is InChI=1S/C19H26N2O6/c1-13-11-15(5-6-16(13)21(24)25)17(22)26-12-14-7-9-20(10-8-14)18(23)27-19(2,3)4/h5-6,11,14H,7-10,12H2,1-4H3. The summed E-state index contributed by atoms with van der Waals surface area (Å²) < 4.78 is 10.7. The van der Waals surface area contributed by atoms with Gasteiger partial charge in [0.1, 0.15) is 5.60 Å². The van der Waals surface area contributed by atoms with Gasteiger partial charge < -0.3 is 14.4 Å². The Kier molecular flexibility index (Phi) is 6.41. The Bertz CT molecular complexity index is 717. The maximum Gasteiger partial charge on any atom is 0.410 e. The second kappa shape index (κ2) is 8.37. The van der Waals surface area contributed by atoms with Crippen molar-refractivity contribution in [3.8, 4) is 0 Å². The summed E-state index contributed by atoms with van der Waals surface area (Å²) in [7, 11) is 0. The van der Waals surface area contributed by atoms with Gasteiger partial charge in [0.25, 0.3) is 5.69 Å². The topological polar surface area (TPSA) is 99.0 Å². The van der Waals surface area contributed by atoms with Crippen molar-refractivity contribution in [3.05, 3.63) is 39.4 Å². The number of nitrogens with zero attached hydrogens (tertiary/aromatic N) is 2. The molecule has 0 unspecified atom stereocenters. The average molecular weight is 378 g/mol. The van der Waals surface area contributed by atoms with Gasteiger partial charge in [0.05, 0.1) is 17.1 Å². The van der Waals surface area contributed by atoms with Gasteiger partial charge in [0, 0.05) is 24.7 Å². The van der Waals surface area contributed by atoms with Crippen molar-refractivity contribution in [2.75, 3.05) is 19.7 Å². The normalized spacial score (nSPS) is 15.3. The molecule has 0 atom stereocenters. The maximum atomic E-state index is 12.2. The number of carbonyl (C=O) groups is 2. The largest absolute Gasteiger partial charge is 0.462 e. The zero-order chi connectivity index (χ0) is 20.2. The average Bonchev–Trinajstić information content (AvgIpc) is 2.58. The first-order valence-corrected chi connectivity index (χ1v) is 8.97. The molecule has 1 aliphatic rings. The molecule has 2 rings (SSSR count). The van der Waals surface area contributed by atoms with E-state index in [0.29, 0.717) is 24.2 Å². The lowest BCUT2D eigenvalue weighted by Gasteiger charge is -2.33. The monoisotopic (exact) mass is 378 g/mol. The number of rotatable bonds is 4. The van der Waals surface area contributed by atoms with Crippen LogP contribution in [0.5, 0.6) is 0 Å². The third-order valence-electron chi connectivity index (χ3n) is 4.35. The van der Waals surface area contributed by atoms with Crippen LogP contribution in [0.1, 0.15) is 49.5 Å². The fourth-order valence-electron chi connectivity index (χ4n) is 2.87. The number of carbonyl (C=O) groups excluding carboxylic acids is 2. The summed E-state index contributed by atoms with van der Waals surface area (Å²) in [5, 5.41) is 10.8. The highest BCUT2D eigenvalue weighted by molar-refractivity contribution is 5.90. The van der Waals surface area contributed by atoms with E-state index in [-0.39, 0.29) is 24.3 Å². The number of hydrogen-bond donors (Lipinski definition) is 0. The molecule has 0 radical (unpaired) electrons. The molecule has 8 nitrogen and oxygen atoms in total. The molecule has 1 amide bonds. The third-order valence-corrected chi connectivity index (χ3v) is 4.35. The number of benzene rings is 1. The number of ether oxygens (including phenoxy) is 2. The van der Waals surface area contributed by atoms with E-state index < -0.39 is 16.5 Å². The fraction of sp³-hybridized carbons (Fsp3) is 0.579. The number of nitro groups is 1. The number of piperidine rings is 1. The number of nitro benzene ring substituents is 1. The molecule has 0 saturated carbocycles. The highest BCUT2D eigenvalue weighted by Crippen LogP contribution is 2.22. The van der Waals surface area contributed by atoms with Crippen LogP contribution < -0.4 is 0 Å². The van der Waals surface area contributed by atoms with Crippen molar-refractivity contribution < 1.29 is 24.0 Å². The van der Waals surface area contributed by atoms with Gasteiger partial charge in [-0.05, 0) is 58.6 Å². The summed E-state index contributed by atoms with van der Waals surface area (Å²) in [4.78, 5) is 36.2. The molecule has 0 spiro atoms. The number of aryl methyl sites for hydroxylation is 1. The van der Waals surface area contributed by atoms with Crippen LogP contribution >= 0.6 is 0 Å². The molecule has 1 fully saturated rings. The van der Waals surface area contributed by atoms with Gasteiger partial charge >= 0.3 is 12.1 Å². The van der Waals surface area contributed by atoms with Crippen LogP contribution in [0.2, 0.25) is 0 Å². The summed E-state index contributed by atoms with van der Waals surface area (Å²) in [6.07, 6.45) is 1.14. The van der Waals surface area contributed by atoms with E-state index in [9.17, 15) is 19.7 Å². The molecule has 1 saturated heterocycles. The van der Waals surface area contributed by atoms with E-state index in [1.54, 1.807) is 11.8 Å². The SMILES string of the molecule is Cc1cc(C(=O)OCC2CCN(C(=O)OC(C)(C)C)CC2)ccc1[N+](=O)[O-]. The van der Waals surface area contributed by atoms with Gasteiger partial charge in [-0.3, -0.25) is 10.1 Å². The van der Waals surface area contributed by atoms with Crippen LogP contribution in [0.4, 0.5) is 10.5 Å². The zero-order valence-corrected chi connectivity index (χ0v) is 16.2. The van der Waals surface area contributed by atoms with E-state index in [0.717, 1.165) is 12.8 Å². The molecule has 1 heterocycles. The number of likely N-dealkylation sites (tertiary alicyclic amines) is 1.